The Kier molecular flexibility index (Phi) is 3.33. The number of nitriles is 1. The summed E-state index contributed by atoms with van der Waals surface area (Å²) < 4.78 is 9.09. The zero-order valence-corrected chi connectivity index (χ0v) is 6.77. The molecule has 1 rings (SSSR count). The van der Waals surface area contributed by atoms with Crippen LogP contribution in [0.15, 0.2) is 24.3 Å². The molecular formula is C9H7NO3. The lowest BCUT2D eigenvalue weighted by Crippen LogP contribution is -1.90. The standard InChI is InChI=1S/C9H7NO3/c10-6-13-9-3-1-8(2-4-9)5-12-7-11/h1-4,7H,5H2. The van der Waals surface area contributed by atoms with Crippen molar-refractivity contribution in [2.24, 2.45) is 0 Å². The molecule has 0 fully saturated rings. The van der Waals surface area contributed by atoms with Crippen LogP contribution in [0.4, 0.5) is 0 Å². The van der Waals surface area contributed by atoms with E-state index in [0.29, 0.717) is 12.2 Å². The molecule has 0 N–H and O–H groups in total. The SMILES string of the molecule is N#COc1ccc(COC=O)cc1. The number of ether oxygens (including phenoxy) is 2. The van der Waals surface area contributed by atoms with Crippen LogP contribution in [0.5, 0.6) is 5.75 Å². The average molecular weight is 177 g/mol. The highest BCUT2D eigenvalue weighted by Gasteiger charge is 1.94. The smallest absolute Gasteiger partial charge is 0.293 e. The third-order valence-electron chi connectivity index (χ3n) is 1.40. The van der Waals surface area contributed by atoms with E-state index >= 15 is 0 Å². The minimum absolute atomic E-state index is 0.232. The molecule has 66 valence electrons. The molecule has 4 nitrogen and oxygen atoms in total. The van der Waals surface area contributed by atoms with Crippen molar-refractivity contribution in [1.29, 1.82) is 5.26 Å². The summed E-state index contributed by atoms with van der Waals surface area (Å²) in [5.41, 5.74) is 0.845. The Bertz CT molecular complexity index is 313. The summed E-state index contributed by atoms with van der Waals surface area (Å²) in [5.74, 6) is 0.470. The second-order valence-electron chi connectivity index (χ2n) is 2.24. The normalized spacial score (nSPS) is 8.54. The lowest BCUT2D eigenvalue weighted by atomic mass is 10.2. The molecular weight excluding hydrogens is 170 g/mol. The molecule has 0 radical (unpaired) electrons. The number of nitrogens with zero attached hydrogens (tertiary/aromatic N) is 1. The molecule has 0 atom stereocenters. The highest BCUT2D eigenvalue weighted by Crippen LogP contribution is 2.11. The topological polar surface area (TPSA) is 59.3 Å². The summed E-state index contributed by atoms with van der Waals surface area (Å²) in [6.07, 6.45) is 1.56. The van der Waals surface area contributed by atoms with Gasteiger partial charge in [-0.3, -0.25) is 4.79 Å². The molecule has 0 bridgehead atoms. The first kappa shape index (κ1) is 9.07. The maximum absolute atomic E-state index is 9.86. The summed E-state index contributed by atoms with van der Waals surface area (Å²) in [6, 6.07) is 6.70. The van der Waals surface area contributed by atoms with Gasteiger partial charge in [-0.25, -0.2) is 0 Å². The van der Waals surface area contributed by atoms with E-state index in [9.17, 15) is 4.79 Å². The van der Waals surface area contributed by atoms with Crippen LogP contribution in [-0.4, -0.2) is 6.47 Å². The van der Waals surface area contributed by atoms with Crippen molar-refractivity contribution < 1.29 is 14.3 Å². The van der Waals surface area contributed by atoms with E-state index in [0.717, 1.165) is 5.56 Å². The summed E-state index contributed by atoms with van der Waals surface area (Å²) in [7, 11) is 0. The molecule has 0 amide bonds. The molecule has 0 saturated carbocycles. The van der Waals surface area contributed by atoms with Crippen LogP contribution in [0.1, 0.15) is 5.56 Å². The van der Waals surface area contributed by atoms with Crippen molar-refractivity contribution in [2.75, 3.05) is 0 Å². The van der Waals surface area contributed by atoms with Crippen molar-refractivity contribution in [3.8, 4) is 12.0 Å². The maximum Gasteiger partial charge on any atom is 0.293 e. The minimum Gasteiger partial charge on any atom is -0.463 e. The number of hydrogen-bond acceptors (Lipinski definition) is 4. The molecule has 1 aromatic rings. The van der Waals surface area contributed by atoms with Crippen molar-refractivity contribution >= 4 is 6.47 Å². The average Bonchev–Trinajstić information content (AvgIpc) is 2.17. The maximum atomic E-state index is 9.86. The largest absolute Gasteiger partial charge is 0.463 e. The summed E-state index contributed by atoms with van der Waals surface area (Å²) in [6.45, 7) is 0.621. The van der Waals surface area contributed by atoms with Crippen molar-refractivity contribution in [3.05, 3.63) is 29.8 Å². The van der Waals surface area contributed by atoms with Crippen LogP contribution >= 0.6 is 0 Å². The van der Waals surface area contributed by atoms with Gasteiger partial charge in [0.15, 0.2) is 0 Å². The van der Waals surface area contributed by atoms with Crippen LogP contribution < -0.4 is 4.74 Å². The van der Waals surface area contributed by atoms with Crippen LogP contribution in [0, 0.1) is 11.5 Å². The molecule has 0 aliphatic carbocycles. The fraction of sp³-hybridized carbons (Fsp3) is 0.111. The second-order valence-corrected chi connectivity index (χ2v) is 2.24. The highest BCUT2D eigenvalue weighted by molar-refractivity contribution is 5.37. The predicted octanol–water partition coefficient (Wildman–Crippen LogP) is 1.22. The Morgan fingerprint density at radius 2 is 2.08 bits per heavy atom. The number of rotatable bonds is 4. The molecule has 0 saturated heterocycles. The monoisotopic (exact) mass is 177 g/mol. The number of hydrogen-bond donors (Lipinski definition) is 0. The fourth-order valence-electron chi connectivity index (χ4n) is 0.837. The number of carbonyl (C=O) groups excluding carboxylic acids is 1. The lowest BCUT2D eigenvalue weighted by molar-refractivity contribution is -0.129. The Morgan fingerprint density at radius 1 is 1.38 bits per heavy atom. The fourth-order valence-corrected chi connectivity index (χ4v) is 0.837. The third-order valence-corrected chi connectivity index (χ3v) is 1.40. The summed E-state index contributed by atoms with van der Waals surface area (Å²) in [4.78, 5) is 9.86. The first-order valence-electron chi connectivity index (χ1n) is 3.57. The second kappa shape index (κ2) is 4.78. The van der Waals surface area contributed by atoms with Gasteiger partial charge in [-0.2, -0.15) is 0 Å². The van der Waals surface area contributed by atoms with Gasteiger partial charge < -0.3 is 9.47 Å². The zero-order chi connectivity index (χ0) is 9.52. The predicted molar refractivity (Wildman–Crippen MR) is 43.5 cm³/mol. The molecule has 0 unspecified atom stereocenters. The molecule has 4 heteroatoms. The van der Waals surface area contributed by atoms with Crippen LogP contribution in [-0.2, 0) is 16.1 Å². The van der Waals surface area contributed by atoms with E-state index in [1.54, 1.807) is 30.5 Å². The van der Waals surface area contributed by atoms with Gasteiger partial charge in [-0.05, 0) is 17.7 Å². The van der Waals surface area contributed by atoms with Crippen LogP contribution in [0.3, 0.4) is 0 Å². The molecule has 0 spiro atoms. The van der Waals surface area contributed by atoms with Crippen LogP contribution in [0.2, 0.25) is 0 Å². The van der Waals surface area contributed by atoms with E-state index < -0.39 is 0 Å². The summed E-state index contributed by atoms with van der Waals surface area (Å²) in [5, 5.41) is 8.19. The zero-order valence-electron chi connectivity index (χ0n) is 6.77. The highest BCUT2D eigenvalue weighted by atomic mass is 16.5. The van der Waals surface area contributed by atoms with Crippen molar-refractivity contribution in [1.82, 2.24) is 0 Å². The van der Waals surface area contributed by atoms with Crippen molar-refractivity contribution in [2.45, 2.75) is 6.61 Å². The third kappa shape index (κ3) is 2.83. The van der Waals surface area contributed by atoms with E-state index in [2.05, 4.69) is 9.47 Å². The molecule has 0 aromatic heterocycles. The Labute approximate surface area is 75.3 Å². The molecule has 13 heavy (non-hydrogen) atoms. The molecule has 0 aliphatic rings. The van der Waals surface area contributed by atoms with Gasteiger partial charge in [-0.1, -0.05) is 12.1 Å². The van der Waals surface area contributed by atoms with Crippen LogP contribution in [0.25, 0.3) is 0 Å². The Hall–Kier alpha value is -2.02. The Morgan fingerprint density at radius 3 is 2.62 bits per heavy atom. The van der Waals surface area contributed by atoms with E-state index in [4.69, 9.17) is 5.26 Å². The molecule has 1 aromatic carbocycles. The van der Waals surface area contributed by atoms with Gasteiger partial charge in [-0.15, -0.1) is 5.26 Å². The number of benzene rings is 1. The molecule has 0 heterocycles. The van der Waals surface area contributed by atoms with Gasteiger partial charge in [0.05, 0.1) is 0 Å². The van der Waals surface area contributed by atoms with Gasteiger partial charge in [0, 0.05) is 0 Å². The van der Waals surface area contributed by atoms with Crippen molar-refractivity contribution in [3.63, 3.8) is 0 Å². The number of carbonyl (C=O) groups is 1. The van der Waals surface area contributed by atoms with Gasteiger partial charge >= 0.3 is 0 Å². The summed E-state index contributed by atoms with van der Waals surface area (Å²) >= 11 is 0. The van der Waals surface area contributed by atoms with E-state index in [-0.39, 0.29) is 6.61 Å². The minimum atomic E-state index is 0.232. The van der Waals surface area contributed by atoms with Gasteiger partial charge in [0.2, 0.25) is 0 Å². The van der Waals surface area contributed by atoms with E-state index in [1.165, 1.54) is 0 Å². The first-order chi connectivity index (χ1) is 6.36. The van der Waals surface area contributed by atoms with Gasteiger partial charge in [0.1, 0.15) is 12.4 Å². The first-order valence-corrected chi connectivity index (χ1v) is 3.57. The van der Waals surface area contributed by atoms with E-state index in [1.807, 2.05) is 0 Å². The van der Waals surface area contributed by atoms with Gasteiger partial charge in [0.25, 0.3) is 12.7 Å². The lowest BCUT2D eigenvalue weighted by Gasteiger charge is -1.99. The quantitative estimate of drug-likeness (QED) is 0.512. The molecule has 0 aliphatic heterocycles. The Balaban J connectivity index is 2.59.